The van der Waals surface area contributed by atoms with Crippen molar-refractivity contribution in [3.05, 3.63) is 0 Å². The van der Waals surface area contributed by atoms with Crippen LogP contribution < -0.4 is 0 Å². The molecule has 0 N–H and O–H groups in total. The zero-order chi connectivity index (χ0) is 10.1. The van der Waals surface area contributed by atoms with Gasteiger partial charge in [-0.25, -0.2) is 0 Å². The van der Waals surface area contributed by atoms with Crippen LogP contribution in [-0.4, -0.2) is 30.4 Å². The molecular formula is C12H24ClN. The third kappa shape index (κ3) is 5.87. The van der Waals surface area contributed by atoms with Crippen molar-refractivity contribution < 1.29 is 0 Å². The highest BCUT2D eigenvalue weighted by Crippen LogP contribution is 2.11. The third-order valence-corrected chi connectivity index (χ3v) is 3.32. The third-order valence-electron chi connectivity index (χ3n) is 3.06. The molecule has 2 heteroatoms. The second kappa shape index (κ2) is 8.55. The van der Waals surface area contributed by atoms with Gasteiger partial charge < -0.3 is 4.90 Å². The normalized spacial score (nSPS) is 20.4. The SMILES string of the molecule is ClCCCCCN1CCCCCCC1. The second-order valence-electron chi connectivity index (χ2n) is 4.36. The van der Waals surface area contributed by atoms with E-state index in [4.69, 9.17) is 11.6 Å². The summed E-state index contributed by atoms with van der Waals surface area (Å²) < 4.78 is 0. The number of nitrogens with zero attached hydrogens (tertiary/aromatic N) is 1. The highest BCUT2D eigenvalue weighted by atomic mass is 35.5. The Labute approximate surface area is 93.8 Å². The second-order valence-corrected chi connectivity index (χ2v) is 4.74. The summed E-state index contributed by atoms with van der Waals surface area (Å²) in [7, 11) is 0. The van der Waals surface area contributed by atoms with E-state index < -0.39 is 0 Å². The summed E-state index contributed by atoms with van der Waals surface area (Å²) >= 11 is 5.66. The summed E-state index contributed by atoms with van der Waals surface area (Å²) in [4.78, 5) is 2.65. The van der Waals surface area contributed by atoms with Gasteiger partial charge in [-0.2, -0.15) is 0 Å². The average molecular weight is 218 g/mol. The molecule has 1 rings (SSSR count). The molecular weight excluding hydrogens is 194 g/mol. The lowest BCUT2D eigenvalue weighted by Gasteiger charge is -2.24. The van der Waals surface area contributed by atoms with Crippen LogP contribution in [0.5, 0.6) is 0 Å². The topological polar surface area (TPSA) is 3.24 Å². The largest absolute Gasteiger partial charge is 0.303 e. The summed E-state index contributed by atoms with van der Waals surface area (Å²) in [6.45, 7) is 3.97. The Morgan fingerprint density at radius 2 is 1.43 bits per heavy atom. The molecule has 0 spiro atoms. The van der Waals surface area contributed by atoms with Gasteiger partial charge in [0, 0.05) is 5.88 Å². The van der Waals surface area contributed by atoms with Crippen LogP contribution in [0.4, 0.5) is 0 Å². The van der Waals surface area contributed by atoms with E-state index in [9.17, 15) is 0 Å². The zero-order valence-electron chi connectivity index (χ0n) is 9.31. The molecule has 0 amide bonds. The van der Waals surface area contributed by atoms with Gasteiger partial charge in [-0.05, 0) is 45.3 Å². The van der Waals surface area contributed by atoms with E-state index in [0.717, 1.165) is 5.88 Å². The summed E-state index contributed by atoms with van der Waals surface area (Å²) in [6.07, 6.45) is 11.0. The highest BCUT2D eigenvalue weighted by Gasteiger charge is 2.06. The molecule has 1 heterocycles. The maximum atomic E-state index is 5.66. The Kier molecular flexibility index (Phi) is 7.52. The van der Waals surface area contributed by atoms with E-state index in [0.29, 0.717) is 0 Å². The maximum Gasteiger partial charge on any atom is 0.0223 e. The smallest absolute Gasteiger partial charge is 0.0223 e. The van der Waals surface area contributed by atoms with Gasteiger partial charge >= 0.3 is 0 Å². The van der Waals surface area contributed by atoms with Gasteiger partial charge in [0.2, 0.25) is 0 Å². The van der Waals surface area contributed by atoms with E-state index in [1.54, 1.807) is 0 Å². The maximum absolute atomic E-state index is 5.66. The minimum Gasteiger partial charge on any atom is -0.303 e. The predicted octanol–water partition coefficient (Wildman–Crippen LogP) is 3.66. The fourth-order valence-electron chi connectivity index (χ4n) is 2.14. The molecule has 84 valence electrons. The number of unbranched alkanes of at least 4 members (excludes halogenated alkanes) is 2. The average Bonchev–Trinajstić information content (AvgIpc) is 2.15. The molecule has 1 fully saturated rings. The predicted molar refractivity (Wildman–Crippen MR) is 64.1 cm³/mol. The van der Waals surface area contributed by atoms with Crippen molar-refractivity contribution >= 4 is 11.6 Å². The van der Waals surface area contributed by atoms with E-state index in [-0.39, 0.29) is 0 Å². The molecule has 0 atom stereocenters. The molecule has 14 heavy (non-hydrogen) atoms. The van der Waals surface area contributed by atoms with Gasteiger partial charge in [-0.1, -0.05) is 25.7 Å². The van der Waals surface area contributed by atoms with Crippen LogP contribution in [0.3, 0.4) is 0 Å². The summed E-state index contributed by atoms with van der Waals surface area (Å²) in [5.74, 6) is 0.833. The molecule has 0 aromatic carbocycles. The Balaban J connectivity index is 2.02. The first-order valence-electron chi connectivity index (χ1n) is 6.22. The van der Waals surface area contributed by atoms with Crippen molar-refractivity contribution in [2.75, 3.05) is 25.5 Å². The summed E-state index contributed by atoms with van der Waals surface area (Å²) in [5, 5.41) is 0. The van der Waals surface area contributed by atoms with Gasteiger partial charge in [0.25, 0.3) is 0 Å². The molecule has 1 nitrogen and oxygen atoms in total. The van der Waals surface area contributed by atoms with Crippen LogP contribution in [-0.2, 0) is 0 Å². The minimum absolute atomic E-state index is 0.833. The molecule has 0 aromatic rings. The van der Waals surface area contributed by atoms with Crippen LogP contribution in [0.1, 0.15) is 51.4 Å². The van der Waals surface area contributed by atoms with E-state index in [2.05, 4.69) is 4.90 Å². The van der Waals surface area contributed by atoms with Crippen LogP contribution in [0.15, 0.2) is 0 Å². The van der Waals surface area contributed by atoms with Gasteiger partial charge in [0.15, 0.2) is 0 Å². The molecule has 0 radical (unpaired) electrons. The lowest BCUT2D eigenvalue weighted by atomic mass is 10.1. The molecule has 1 saturated heterocycles. The van der Waals surface area contributed by atoms with Crippen molar-refractivity contribution in [2.24, 2.45) is 0 Å². The molecule has 0 unspecified atom stereocenters. The van der Waals surface area contributed by atoms with Crippen LogP contribution in [0.2, 0.25) is 0 Å². The van der Waals surface area contributed by atoms with Crippen molar-refractivity contribution in [3.63, 3.8) is 0 Å². The highest BCUT2D eigenvalue weighted by molar-refractivity contribution is 6.17. The Hall–Kier alpha value is 0.250. The number of halogens is 1. The molecule has 1 aliphatic heterocycles. The van der Waals surface area contributed by atoms with Gasteiger partial charge in [0.05, 0.1) is 0 Å². The number of likely N-dealkylation sites (tertiary alicyclic amines) is 1. The van der Waals surface area contributed by atoms with Crippen molar-refractivity contribution in [2.45, 2.75) is 51.4 Å². The van der Waals surface area contributed by atoms with Crippen LogP contribution in [0.25, 0.3) is 0 Å². The van der Waals surface area contributed by atoms with Crippen LogP contribution in [0, 0.1) is 0 Å². The minimum atomic E-state index is 0.833. The first-order chi connectivity index (χ1) is 6.93. The van der Waals surface area contributed by atoms with Gasteiger partial charge in [-0.3, -0.25) is 0 Å². The summed E-state index contributed by atoms with van der Waals surface area (Å²) in [5.41, 5.74) is 0. The Morgan fingerprint density at radius 3 is 2.07 bits per heavy atom. The molecule has 0 aromatic heterocycles. The Bertz CT molecular complexity index is 119. The van der Waals surface area contributed by atoms with E-state index >= 15 is 0 Å². The molecule has 0 aliphatic carbocycles. The molecule has 0 bridgehead atoms. The number of rotatable bonds is 5. The molecule has 0 saturated carbocycles. The van der Waals surface area contributed by atoms with Crippen LogP contribution >= 0.6 is 11.6 Å². The van der Waals surface area contributed by atoms with E-state index in [1.165, 1.54) is 71.0 Å². The van der Waals surface area contributed by atoms with Crippen molar-refractivity contribution in [1.29, 1.82) is 0 Å². The number of hydrogen-bond acceptors (Lipinski definition) is 1. The fourth-order valence-corrected chi connectivity index (χ4v) is 2.33. The fraction of sp³-hybridized carbons (Fsp3) is 1.00. The Morgan fingerprint density at radius 1 is 0.786 bits per heavy atom. The monoisotopic (exact) mass is 217 g/mol. The van der Waals surface area contributed by atoms with Crippen molar-refractivity contribution in [3.8, 4) is 0 Å². The first-order valence-corrected chi connectivity index (χ1v) is 6.75. The lowest BCUT2D eigenvalue weighted by molar-refractivity contribution is 0.243. The number of alkyl halides is 1. The van der Waals surface area contributed by atoms with E-state index in [1.807, 2.05) is 0 Å². The van der Waals surface area contributed by atoms with Gasteiger partial charge in [-0.15, -0.1) is 11.6 Å². The summed E-state index contributed by atoms with van der Waals surface area (Å²) in [6, 6.07) is 0. The first kappa shape index (κ1) is 12.3. The van der Waals surface area contributed by atoms with Gasteiger partial charge in [0.1, 0.15) is 0 Å². The molecule has 1 aliphatic rings. The number of hydrogen-bond donors (Lipinski definition) is 0. The van der Waals surface area contributed by atoms with Crippen molar-refractivity contribution in [1.82, 2.24) is 4.90 Å². The standard InChI is InChI=1S/C12H24ClN/c13-9-5-4-8-12-14-10-6-2-1-3-7-11-14/h1-12H2. The zero-order valence-corrected chi connectivity index (χ0v) is 10.1. The lowest BCUT2D eigenvalue weighted by Crippen LogP contribution is -2.28. The quantitative estimate of drug-likeness (QED) is 0.502.